The summed E-state index contributed by atoms with van der Waals surface area (Å²) in [6.07, 6.45) is 4.45. The Morgan fingerprint density at radius 2 is 2.06 bits per heavy atom. The molecule has 2 aromatic rings. The highest BCUT2D eigenvalue weighted by molar-refractivity contribution is 5.93. The van der Waals surface area contributed by atoms with E-state index in [-0.39, 0.29) is 36.6 Å². The Morgan fingerprint density at radius 1 is 1.29 bits per heavy atom. The number of alkyl halides is 2. The van der Waals surface area contributed by atoms with Gasteiger partial charge >= 0.3 is 0 Å². The lowest BCUT2D eigenvalue weighted by molar-refractivity contribution is -0.0265. The van der Waals surface area contributed by atoms with Crippen molar-refractivity contribution in [2.45, 2.75) is 45.1 Å². The summed E-state index contributed by atoms with van der Waals surface area (Å²) in [5.74, 6) is -2.04. The van der Waals surface area contributed by atoms with E-state index in [1.54, 1.807) is 24.4 Å². The van der Waals surface area contributed by atoms with Gasteiger partial charge in [0.05, 0.1) is 31.4 Å². The molecule has 3 heterocycles. The minimum atomic E-state index is -2.70. The average molecular weight is 431 g/mol. The molecule has 2 aromatic heterocycles. The predicted octanol–water partition coefficient (Wildman–Crippen LogP) is 3.63. The second-order valence-electron chi connectivity index (χ2n) is 8.79. The number of hydrogen-bond acceptors (Lipinski definition) is 6. The summed E-state index contributed by atoms with van der Waals surface area (Å²) in [5, 5.41) is 11.0. The standard InChI is InChI=1S/C22H27F2N5O2/c1-14(2)10-18(16-4-3-9-25-28-16)26-20(30)17-7-8-19(29-12-22(23,24)13-29)21(27-17)31-11-15-5-6-15/h3-4,7-9,14-15,18H,5-6,10-13H2,1-2H3,(H,26,30)/t18-/m0/s1. The smallest absolute Gasteiger partial charge is 0.282 e. The predicted molar refractivity (Wildman–Crippen MR) is 111 cm³/mol. The molecule has 7 nitrogen and oxygen atoms in total. The molecule has 0 radical (unpaired) electrons. The maximum absolute atomic E-state index is 13.4. The third kappa shape index (κ3) is 5.45. The van der Waals surface area contributed by atoms with E-state index in [0.717, 1.165) is 12.8 Å². The molecular formula is C22H27F2N5O2. The number of nitrogens with zero attached hydrogens (tertiary/aromatic N) is 4. The van der Waals surface area contributed by atoms with Crippen LogP contribution in [-0.2, 0) is 0 Å². The van der Waals surface area contributed by atoms with Gasteiger partial charge in [-0.25, -0.2) is 13.8 Å². The molecular weight excluding hydrogens is 404 g/mol. The van der Waals surface area contributed by atoms with Gasteiger partial charge in [-0.2, -0.15) is 10.2 Å². The molecule has 1 aliphatic heterocycles. The maximum Gasteiger partial charge on any atom is 0.282 e. The summed E-state index contributed by atoms with van der Waals surface area (Å²) in [5.41, 5.74) is 1.35. The van der Waals surface area contributed by atoms with Gasteiger partial charge in [-0.3, -0.25) is 4.79 Å². The molecule has 1 N–H and O–H groups in total. The molecule has 0 unspecified atom stereocenters. The zero-order valence-corrected chi connectivity index (χ0v) is 17.7. The molecule has 31 heavy (non-hydrogen) atoms. The van der Waals surface area contributed by atoms with Gasteiger partial charge in [-0.05, 0) is 55.4 Å². The van der Waals surface area contributed by atoms with Crippen LogP contribution < -0.4 is 15.0 Å². The second-order valence-corrected chi connectivity index (χ2v) is 8.79. The van der Waals surface area contributed by atoms with E-state index < -0.39 is 5.92 Å². The number of carbonyl (C=O) groups is 1. The molecule has 1 amide bonds. The molecule has 2 fully saturated rings. The Bertz CT molecular complexity index is 913. The number of aromatic nitrogens is 3. The van der Waals surface area contributed by atoms with Crippen LogP contribution in [0.15, 0.2) is 30.5 Å². The molecule has 1 saturated carbocycles. The lowest BCUT2D eigenvalue weighted by Gasteiger charge is -2.40. The number of anilines is 1. The Balaban J connectivity index is 1.52. The third-order valence-electron chi connectivity index (χ3n) is 5.37. The molecule has 0 bridgehead atoms. The monoisotopic (exact) mass is 431 g/mol. The molecule has 4 rings (SSSR count). The Morgan fingerprint density at radius 3 is 2.68 bits per heavy atom. The van der Waals surface area contributed by atoms with Gasteiger partial charge in [0.25, 0.3) is 11.8 Å². The Kier molecular flexibility index (Phi) is 6.02. The van der Waals surface area contributed by atoms with E-state index in [1.165, 1.54) is 4.90 Å². The van der Waals surface area contributed by atoms with Crippen LogP contribution in [-0.4, -0.2) is 46.7 Å². The fourth-order valence-corrected chi connectivity index (χ4v) is 3.53. The lowest BCUT2D eigenvalue weighted by Crippen LogP contribution is -2.56. The van der Waals surface area contributed by atoms with Gasteiger partial charge in [0.2, 0.25) is 5.88 Å². The third-order valence-corrected chi connectivity index (χ3v) is 5.37. The van der Waals surface area contributed by atoms with Crippen molar-refractivity contribution in [1.82, 2.24) is 20.5 Å². The van der Waals surface area contributed by atoms with Crippen LogP contribution in [0.25, 0.3) is 0 Å². The van der Waals surface area contributed by atoms with Gasteiger partial charge in [-0.15, -0.1) is 0 Å². The summed E-state index contributed by atoms with van der Waals surface area (Å²) in [7, 11) is 0. The Hall–Kier alpha value is -2.84. The highest BCUT2D eigenvalue weighted by Gasteiger charge is 2.45. The van der Waals surface area contributed by atoms with Gasteiger partial charge in [-0.1, -0.05) is 13.8 Å². The van der Waals surface area contributed by atoms with E-state index in [4.69, 9.17) is 4.74 Å². The van der Waals surface area contributed by atoms with E-state index in [9.17, 15) is 13.6 Å². The van der Waals surface area contributed by atoms with E-state index in [1.807, 2.05) is 6.07 Å². The van der Waals surface area contributed by atoms with Gasteiger partial charge in [0.15, 0.2) is 0 Å². The van der Waals surface area contributed by atoms with Crippen molar-refractivity contribution in [2.75, 3.05) is 24.6 Å². The molecule has 1 saturated heterocycles. The van der Waals surface area contributed by atoms with Crippen LogP contribution in [0.3, 0.4) is 0 Å². The normalized spacial score (nSPS) is 18.4. The van der Waals surface area contributed by atoms with E-state index in [0.29, 0.717) is 36.2 Å². The zero-order chi connectivity index (χ0) is 22.0. The number of amides is 1. The zero-order valence-electron chi connectivity index (χ0n) is 17.7. The van der Waals surface area contributed by atoms with Crippen molar-refractivity contribution in [1.29, 1.82) is 0 Å². The number of pyridine rings is 1. The number of hydrogen-bond donors (Lipinski definition) is 1. The molecule has 1 atom stereocenters. The number of rotatable bonds is 9. The number of ether oxygens (including phenoxy) is 1. The molecule has 0 aromatic carbocycles. The van der Waals surface area contributed by atoms with E-state index in [2.05, 4.69) is 34.3 Å². The first-order chi connectivity index (χ1) is 14.8. The van der Waals surface area contributed by atoms with Gasteiger partial charge < -0.3 is 15.0 Å². The quantitative estimate of drug-likeness (QED) is 0.653. The van der Waals surface area contributed by atoms with E-state index >= 15 is 0 Å². The Labute approximate surface area is 180 Å². The first-order valence-electron chi connectivity index (χ1n) is 10.7. The molecule has 1 aliphatic carbocycles. The molecule has 166 valence electrons. The van der Waals surface area contributed by atoms with Crippen molar-refractivity contribution >= 4 is 11.6 Å². The first kappa shape index (κ1) is 21.4. The number of halogens is 2. The van der Waals surface area contributed by atoms with Crippen LogP contribution in [0, 0.1) is 11.8 Å². The van der Waals surface area contributed by atoms with Crippen molar-refractivity contribution in [3.8, 4) is 5.88 Å². The summed E-state index contributed by atoms with van der Waals surface area (Å²) >= 11 is 0. The van der Waals surface area contributed by atoms with Crippen LogP contribution in [0.4, 0.5) is 14.5 Å². The molecule has 0 spiro atoms. The highest BCUT2D eigenvalue weighted by atomic mass is 19.3. The van der Waals surface area contributed by atoms with Crippen molar-refractivity contribution in [3.63, 3.8) is 0 Å². The average Bonchev–Trinajstić information content (AvgIpc) is 3.54. The molecule has 2 aliphatic rings. The largest absolute Gasteiger partial charge is 0.476 e. The minimum absolute atomic E-state index is 0.180. The minimum Gasteiger partial charge on any atom is -0.476 e. The van der Waals surface area contributed by atoms with Crippen LogP contribution in [0.2, 0.25) is 0 Å². The highest BCUT2D eigenvalue weighted by Crippen LogP contribution is 2.38. The molecule has 9 heteroatoms. The summed E-state index contributed by atoms with van der Waals surface area (Å²) < 4.78 is 32.6. The summed E-state index contributed by atoms with van der Waals surface area (Å²) in [6.45, 7) is 3.86. The fourth-order valence-electron chi connectivity index (χ4n) is 3.53. The van der Waals surface area contributed by atoms with Crippen molar-refractivity contribution < 1.29 is 18.3 Å². The van der Waals surface area contributed by atoms with Crippen molar-refractivity contribution in [2.24, 2.45) is 11.8 Å². The van der Waals surface area contributed by atoms with Gasteiger partial charge in [0, 0.05) is 6.20 Å². The van der Waals surface area contributed by atoms with Crippen molar-refractivity contribution in [3.05, 3.63) is 41.9 Å². The lowest BCUT2D eigenvalue weighted by atomic mass is 10.0. The second kappa shape index (κ2) is 8.72. The van der Waals surface area contributed by atoms with Crippen LogP contribution in [0.5, 0.6) is 5.88 Å². The number of carbonyl (C=O) groups excluding carboxylic acids is 1. The fraction of sp³-hybridized carbons (Fsp3) is 0.545. The SMILES string of the molecule is CC(C)C[C@H](NC(=O)c1ccc(N2CC(F)(F)C2)c(OCC2CC2)n1)c1cccnn1. The van der Waals surface area contributed by atoms with Crippen LogP contribution >= 0.6 is 0 Å². The topological polar surface area (TPSA) is 80.2 Å². The van der Waals surface area contributed by atoms with Gasteiger partial charge in [0.1, 0.15) is 11.4 Å². The van der Waals surface area contributed by atoms with Crippen LogP contribution in [0.1, 0.15) is 55.3 Å². The first-order valence-corrected chi connectivity index (χ1v) is 10.7. The maximum atomic E-state index is 13.4. The summed E-state index contributed by atoms with van der Waals surface area (Å²) in [4.78, 5) is 18.9. The number of nitrogens with one attached hydrogen (secondary N) is 1. The summed E-state index contributed by atoms with van der Waals surface area (Å²) in [6, 6.07) is 6.48.